The van der Waals surface area contributed by atoms with Crippen LogP contribution in [0.5, 0.6) is 0 Å². The Bertz CT molecular complexity index is 589. The van der Waals surface area contributed by atoms with Gasteiger partial charge in [0.05, 0.1) is 18.1 Å². The van der Waals surface area contributed by atoms with Crippen LogP contribution in [0.4, 0.5) is 5.69 Å². The smallest absolute Gasteiger partial charge is 0.334 e. The first kappa shape index (κ1) is 14.2. The Kier molecular flexibility index (Phi) is 4.14. The molecule has 20 heavy (non-hydrogen) atoms. The van der Waals surface area contributed by atoms with E-state index in [1.54, 1.807) is 11.8 Å². The van der Waals surface area contributed by atoms with E-state index in [2.05, 4.69) is 0 Å². The van der Waals surface area contributed by atoms with Gasteiger partial charge >= 0.3 is 11.2 Å². The number of aryl methyl sites for hydroxylation is 1. The number of amides is 1. The first-order valence-electron chi connectivity index (χ1n) is 6.21. The second-order valence-electron chi connectivity index (χ2n) is 4.50. The van der Waals surface area contributed by atoms with Crippen molar-refractivity contribution in [2.24, 2.45) is 0 Å². The maximum absolute atomic E-state index is 12.1. The van der Waals surface area contributed by atoms with Gasteiger partial charge in [-0.15, -0.1) is 0 Å². The van der Waals surface area contributed by atoms with Crippen LogP contribution >= 0.6 is 0 Å². The van der Waals surface area contributed by atoms with E-state index in [9.17, 15) is 19.7 Å². The SMILES string of the molecule is Cc1ccc([N+](=O)[O-])c(=O)n1CC(=O)N1CCOCC1. The zero-order valence-electron chi connectivity index (χ0n) is 11.1. The lowest BCUT2D eigenvalue weighted by Gasteiger charge is -2.27. The fourth-order valence-corrected chi connectivity index (χ4v) is 2.04. The van der Waals surface area contributed by atoms with Gasteiger partial charge in [-0.3, -0.25) is 24.3 Å². The summed E-state index contributed by atoms with van der Waals surface area (Å²) in [6.45, 7) is 3.33. The number of nitrogens with zero attached hydrogens (tertiary/aromatic N) is 3. The zero-order valence-corrected chi connectivity index (χ0v) is 11.1. The van der Waals surface area contributed by atoms with E-state index in [4.69, 9.17) is 4.74 Å². The molecule has 8 nitrogen and oxygen atoms in total. The number of morpholine rings is 1. The fraction of sp³-hybridized carbons (Fsp3) is 0.500. The van der Waals surface area contributed by atoms with E-state index in [-0.39, 0.29) is 12.5 Å². The summed E-state index contributed by atoms with van der Waals surface area (Å²) >= 11 is 0. The molecule has 8 heteroatoms. The molecule has 0 unspecified atom stereocenters. The molecule has 2 heterocycles. The van der Waals surface area contributed by atoms with Gasteiger partial charge in [-0.25, -0.2) is 0 Å². The Morgan fingerprint density at radius 2 is 2.05 bits per heavy atom. The average molecular weight is 281 g/mol. The van der Waals surface area contributed by atoms with Crippen molar-refractivity contribution in [3.05, 3.63) is 38.3 Å². The molecule has 2 rings (SSSR count). The highest BCUT2D eigenvalue weighted by Crippen LogP contribution is 2.07. The van der Waals surface area contributed by atoms with Crippen molar-refractivity contribution in [2.45, 2.75) is 13.5 Å². The third-order valence-electron chi connectivity index (χ3n) is 3.23. The molecule has 1 aromatic rings. The maximum atomic E-state index is 12.1. The number of nitro groups is 1. The van der Waals surface area contributed by atoms with Gasteiger partial charge in [-0.1, -0.05) is 0 Å². The molecule has 1 aliphatic heterocycles. The molecule has 0 atom stereocenters. The number of hydrogen-bond acceptors (Lipinski definition) is 5. The predicted octanol–water partition coefficient (Wildman–Crippen LogP) is -0.0763. The summed E-state index contributed by atoms with van der Waals surface area (Å²) in [5.74, 6) is -0.237. The Balaban J connectivity index is 2.24. The highest BCUT2D eigenvalue weighted by Gasteiger charge is 2.21. The second-order valence-corrected chi connectivity index (χ2v) is 4.50. The molecular weight excluding hydrogens is 266 g/mol. The molecule has 1 saturated heterocycles. The maximum Gasteiger partial charge on any atom is 0.334 e. The predicted molar refractivity (Wildman–Crippen MR) is 69.5 cm³/mol. The number of rotatable bonds is 3. The molecule has 0 aromatic carbocycles. The van der Waals surface area contributed by atoms with Crippen molar-refractivity contribution in [1.82, 2.24) is 9.47 Å². The van der Waals surface area contributed by atoms with Crippen molar-refractivity contribution in [2.75, 3.05) is 26.3 Å². The van der Waals surface area contributed by atoms with Crippen molar-refractivity contribution < 1.29 is 14.5 Å². The summed E-state index contributed by atoms with van der Waals surface area (Å²) in [5.41, 5.74) is -0.760. The quantitative estimate of drug-likeness (QED) is 0.570. The number of pyridine rings is 1. The molecule has 1 fully saturated rings. The van der Waals surface area contributed by atoms with Crippen LogP contribution in [0, 0.1) is 17.0 Å². The number of hydrogen-bond donors (Lipinski definition) is 0. The van der Waals surface area contributed by atoms with E-state index in [1.165, 1.54) is 6.07 Å². The highest BCUT2D eigenvalue weighted by atomic mass is 16.6. The van der Waals surface area contributed by atoms with Gasteiger partial charge in [-0.05, 0) is 13.0 Å². The fourth-order valence-electron chi connectivity index (χ4n) is 2.04. The van der Waals surface area contributed by atoms with E-state index in [0.717, 1.165) is 10.6 Å². The van der Waals surface area contributed by atoms with E-state index < -0.39 is 16.2 Å². The molecule has 1 amide bonds. The van der Waals surface area contributed by atoms with Crippen molar-refractivity contribution >= 4 is 11.6 Å². The van der Waals surface area contributed by atoms with Crippen LogP contribution in [0.15, 0.2) is 16.9 Å². The zero-order chi connectivity index (χ0) is 14.7. The van der Waals surface area contributed by atoms with E-state index in [0.29, 0.717) is 32.0 Å². The van der Waals surface area contributed by atoms with Crippen LogP contribution in [0.1, 0.15) is 5.69 Å². The lowest BCUT2D eigenvalue weighted by atomic mass is 10.3. The van der Waals surface area contributed by atoms with Crippen molar-refractivity contribution in [1.29, 1.82) is 0 Å². The molecule has 0 bridgehead atoms. The topological polar surface area (TPSA) is 94.7 Å². The van der Waals surface area contributed by atoms with Gasteiger partial charge in [0.25, 0.3) is 0 Å². The third kappa shape index (κ3) is 2.85. The van der Waals surface area contributed by atoms with Crippen molar-refractivity contribution in [3.63, 3.8) is 0 Å². The second kappa shape index (κ2) is 5.83. The molecule has 0 N–H and O–H groups in total. The van der Waals surface area contributed by atoms with Gasteiger partial charge in [0.1, 0.15) is 6.54 Å². The van der Waals surface area contributed by atoms with Crippen LogP contribution in [0.2, 0.25) is 0 Å². The summed E-state index contributed by atoms with van der Waals surface area (Å²) < 4.78 is 6.28. The Morgan fingerprint density at radius 3 is 2.65 bits per heavy atom. The van der Waals surface area contributed by atoms with Crippen LogP contribution in [0.25, 0.3) is 0 Å². The van der Waals surface area contributed by atoms with Gasteiger partial charge in [0.15, 0.2) is 0 Å². The Hall–Kier alpha value is -2.22. The van der Waals surface area contributed by atoms with Crippen molar-refractivity contribution in [3.8, 4) is 0 Å². The molecule has 0 spiro atoms. The van der Waals surface area contributed by atoms with Crippen LogP contribution in [0.3, 0.4) is 0 Å². The highest BCUT2D eigenvalue weighted by molar-refractivity contribution is 5.76. The normalized spacial score (nSPS) is 15.2. The largest absolute Gasteiger partial charge is 0.378 e. The first-order valence-corrected chi connectivity index (χ1v) is 6.21. The van der Waals surface area contributed by atoms with Crippen LogP contribution < -0.4 is 5.56 Å². The number of aromatic nitrogens is 1. The molecule has 1 aromatic heterocycles. The molecule has 1 aliphatic rings. The third-order valence-corrected chi connectivity index (χ3v) is 3.23. The monoisotopic (exact) mass is 281 g/mol. The number of ether oxygens (including phenoxy) is 1. The van der Waals surface area contributed by atoms with Crippen LogP contribution in [-0.4, -0.2) is 46.6 Å². The summed E-state index contributed by atoms with van der Waals surface area (Å²) in [6.07, 6.45) is 0. The number of carbonyl (C=O) groups is 1. The van der Waals surface area contributed by atoms with E-state index in [1.807, 2.05) is 0 Å². The van der Waals surface area contributed by atoms with Gasteiger partial charge in [-0.2, -0.15) is 0 Å². The summed E-state index contributed by atoms with van der Waals surface area (Å²) in [7, 11) is 0. The molecule has 108 valence electrons. The Morgan fingerprint density at radius 1 is 1.40 bits per heavy atom. The lowest BCUT2D eigenvalue weighted by Crippen LogP contribution is -2.43. The standard InChI is InChI=1S/C12H15N3O5/c1-9-2-3-10(15(18)19)12(17)14(9)8-11(16)13-4-6-20-7-5-13/h2-3H,4-8H2,1H3. The minimum absolute atomic E-state index is 0.188. The molecular formula is C12H15N3O5. The first-order chi connectivity index (χ1) is 9.50. The minimum Gasteiger partial charge on any atom is -0.378 e. The summed E-state index contributed by atoms with van der Waals surface area (Å²) in [5, 5.41) is 10.8. The number of carbonyl (C=O) groups excluding carboxylic acids is 1. The van der Waals surface area contributed by atoms with Gasteiger partial charge in [0.2, 0.25) is 5.91 Å². The molecule has 0 aliphatic carbocycles. The summed E-state index contributed by atoms with van der Waals surface area (Å²) in [4.78, 5) is 35.7. The van der Waals surface area contributed by atoms with Crippen LogP contribution in [-0.2, 0) is 16.1 Å². The Labute approximate surface area is 114 Å². The molecule has 0 radical (unpaired) electrons. The summed E-state index contributed by atoms with van der Waals surface area (Å²) in [6, 6.07) is 2.62. The molecule has 0 saturated carbocycles. The van der Waals surface area contributed by atoms with Gasteiger partial charge < -0.3 is 9.64 Å². The van der Waals surface area contributed by atoms with Gasteiger partial charge in [0, 0.05) is 24.8 Å². The average Bonchev–Trinajstić information content (AvgIpc) is 2.43. The lowest BCUT2D eigenvalue weighted by molar-refractivity contribution is -0.386. The van der Waals surface area contributed by atoms with E-state index >= 15 is 0 Å². The minimum atomic E-state index is -0.753.